The van der Waals surface area contributed by atoms with Crippen LogP contribution in [-0.4, -0.2) is 63.2 Å². The number of amides is 2. The van der Waals surface area contributed by atoms with E-state index in [2.05, 4.69) is 0 Å². The number of methoxy groups -OCH3 is 1. The van der Waals surface area contributed by atoms with Crippen molar-refractivity contribution in [1.82, 2.24) is 9.80 Å². The third kappa shape index (κ3) is 4.94. The molecule has 7 heteroatoms. The molecule has 2 heterocycles. The summed E-state index contributed by atoms with van der Waals surface area (Å²) in [4.78, 5) is 28.9. The molecule has 2 aliphatic rings. The van der Waals surface area contributed by atoms with Gasteiger partial charge in [0.2, 0.25) is 0 Å². The number of ether oxygens (including phenoxy) is 1. The highest BCUT2D eigenvalue weighted by Gasteiger charge is 2.54. The maximum Gasteiger partial charge on any atom is 0.321 e. The van der Waals surface area contributed by atoms with Crippen LogP contribution < -0.4 is 0 Å². The van der Waals surface area contributed by atoms with Crippen molar-refractivity contribution in [3.63, 3.8) is 0 Å². The highest BCUT2D eigenvalue weighted by Crippen LogP contribution is 2.43. The van der Waals surface area contributed by atoms with Gasteiger partial charge in [-0.05, 0) is 24.0 Å². The van der Waals surface area contributed by atoms with Crippen molar-refractivity contribution < 1.29 is 19.4 Å². The van der Waals surface area contributed by atoms with Crippen LogP contribution in [0.25, 0.3) is 0 Å². The number of esters is 1. The molecule has 1 unspecified atom stereocenters. The van der Waals surface area contributed by atoms with Gasteiger partial charge in [0, 0.05) is 25.3 Å². The van der Waals surface area contributed by atoms with Crippen LogP contribution in [-0.2, 0) is 22.6 Å². The number of rotatable bonds is 9. The zero-order valence-corrected chi connectivity index (χ0v) is 19.1. The Bertz CT molecular complexity index is 911. The van der Waals surface area contributed by atoms with E-state index < -0.39 is 6.10 Å². The molecule has 2 aromatic rings. The van der Waals surface area contributed by atoms with Crippen LogP contribution in [0.1, 0.15) is 30.4 Å². The molecular weight excluding hydrogens is 424 g/mol. The Morgan fingerprint density at radius 2 is 1.66 bits per heavy atom. The number of hydrogen-bond acceptors (Lipinski definition) is 5. The number of nitrogens with zero attached hydrogens (tertiary/aromatic N) is 2. The van der Waals surface area contributed by atoms with Crippen LogP contribution >= 0.6 is 11.8 Å². The minimum Gasteiger partial charge on any atom is -0.469 e. The second-order valence-corrected chi connectivity index (χ2v) is 9.61. The van der Waals surface area contributed by atoms with Gasteiger partial charge in [0.15, 0.2) is 0 Å². The zero-order chi connectivity index (χ0) is 22.5. The lowest BCUT2D eigenvalue weighted by molar-refractivity contribution is -0.140. The molecule has 0 aromatic heterocycles. The van der Waals surface area contributed by atoms with Gasteiger partial charge in [-0.1, -0.05) is 60.7 Å². The summed E-state index contributed by atoms with van der Waals surface area (Å²) in [5.74, 6) is 0.540. The molecule has 4 atom stereocenters. The van der Waals surface area contributed by atoms with E-state index in [-0.39, 0.29) is 29.3 Å². The smallest absolute Gasteiger partial charge is 0.321 e. The largest absolute Gasteiger partial charge is 0.469 e. The van der Waals surface area contributed by atoms with Gasteiger partial charge < -0.3 is 19.6 Å². The number of hydrogen-bond donors (Lipinski definition) is 1. The monoisotopic (exact) mass is 454 g/mol. The van der Waals surface area contributed by atoms with E-state index in [9.17, 15) is 14.7 Å². The summed E-state index contributed by atoms with van der Waals surface area (Å²) in [6.45, 7) is 1.09. The van der Waals surface area contributed by atoms with Gasteiger partial charge in [-0.3, -0.25) is 4.79 Å². The highest BCUT2D eigenvalue weighted by atomic mass is 32.2. The Labute approximate surface area is 193 Å². The summed E-state index contributed by atoms with van der Waals surface area (Å²) < 4.78 is 4.71. The van der Waals surface area contributed by atoms with Crippen molar-refractivity contribution in [3.05, 3.63) is 71.8 Å². The molecule has 1 N–H and O–H groups in total. The molecule has 2 saturated heterocycles. The van der Waals surface area contributed by atoms with E-state index in [0.717, 1.165) is 16.9 Å². The predicted octanol–water partition coefficient (Wildman–Crippen LogP) is 3.68. The molecule has 2 fully saturated rings. The highest BCUT2D eigenvalue weighted by molar-refractivity contribution is 8.00. The molecule has 0 radical (unpaired) electrons. The quantitative estimate of drug-likeness (QED) is 0.462. The Balaban J connectivity index is 1.53. The van der Waals surface area contributed by atoms with Crippen LogP contribution in [0, 0.1) is 0 Å². The molecule has 2 amide bonds. The molecule has 2 aromatic carbocycles. The van der Waals surface area contributed by atoms with E-state index in [4.69, 9.17) is 4.74 Å². The fourth-order valence-corrected chi connectivity index (χ4v) is 6.38. The molecule has 170 valence electrons. The van der Waals surface area contributed by atoms with Crippen LogP contribution in [0.2, 0.25) is 0 Å². The predicted molar refractivity (Wildman–Crippen MR) is 125 cm³/mol. The fourth-order valence-electron chi connectivity index (χ4n) is 4.70. The summed E-state index contributed by atoms with van der Waals surface area (Å²) in [6.07, 6.45) is 0.804. The minimum atomic E-state index is -0.581. The lowest BCUT2D eigenvalue weighted by atomic mass is 9.98. The number of benzene rings is 2. The number of thioether (sulfide) groups is 1. The number of carbonyl (C=O) groups is 2. The lowest BCUT2D eigenvalue weighted by Gasteiger charge is -2.30. The third-order valence-corrected chi connectivity index (χ3v) is 7.83. The van der Waals surface area contributed by atoms with Crippen LogP contribution in [0.4, 0.5) is 4.79 Å². The van der Waals surface area contributed by atoms with Gasteiger partial charge in [0.25, 0.3) is 0 Å². The summed E-state index contributed by atoms with van der Waals surface area (Å²) in [5.41, 5.74) is 2.19. The maximum atomic E-state index is 13.5. The van der Waals surface area contributed by atoms with E-state index in [1.807, 2.05) is 70.5 Å². The number of urea groups is 1. The zero-order valence-electron chi connectivity index (χ0n) is 18.3. The Morgan fingerprint density at radius 3 is 2.25 bits per heavy atom. The molecule has 6 nitrogen and oxygen atoms in total. The Morgan fingerprint density at radius 1 is 1.06 bits per heavy atom. The number of aliphatic hydroxyl groups excluding tert-OH is 1. The lowest BCUT2D eigenvalue weighted by Crippen LogP contribution is -2.45. The third-order valence-electron chi connectivity index (χ3n) is 6.32. The van der Waals surface area contributed by atoms with Gasteiger partial charge in [-0.2, -0.15) is 11.8 Å². The summed E-state index contributed by atoms with van der Waals surface area (Å²) >= 11 is 1.74. The topological polar surface area (TPSA) is 70.1 Å². The number of aliphatic hydroxyl groups is 1. The van der Waals surface area contributed by atoms with Crippen molar-refractivity contribution in [1.29, 1.82) is 0 Å². The molecule has 2 aliphatic heterocycles. The van der Waals surface area contributed by atoms with E-state index >= 15 is 0 Å². The fraction of sp³-hybridized carbons (Fsp3) is 0.440. The second-order valence-electron chi connectivity index (χ2n) is 8.40. The average molecular weight is 455 g/mol. The molecule has 0 saturated carbocycles. The van der Waals surface area contributed by atoms with Gasteiger partial charge in [0.1, 0.15) is 0 Å². The first kappa shape index (κ1) is 22.7. The second kappa shape index (κ2) is 10.4. The summed E-state index contributed by atoms with van der Waals surface area (Å²) in [6, 6.07) is 20.1. The Kier molecular flexibility index (Phi) is 7.37. The van der Waals surface area contributed by atoms with E-state index in [1.165, 1.54) is 7.11 Å². The normalized spacial score (nSPS) is 23.3. The number of carbonyl (C=O) groups excluding carboxylic acids is 2. The Hall–Kier alpha value is -2.51. The van der Waals surface area contributed by atoms with E-state index in [0.29, 0.717) is 32.4 Å². The molecule has 32 heavy (non-hydrogen) atoms. The molecule has 0 spiro atoms. The molecule has 0 bridgehead atoms. The van der Waals surface area contributed by atoms with Crippen molar-refractivity contribution in [2.45, 2.75) is 55.8 Å². The van der Waals surface area contributed by atoms with Crippen LogP contribution in [0.15, 0.2) is 60.7 Å². The van der Waals surface area contributed by atoms with Crippen molar-refractivity contribution in [2.24, 2.45) is 0 Å². The molecule has 0 aliphatic carbocycles. The first-order valence-corrected chi connectivity index (χ1v) is 12.1. The van der Waals surface area contributed by atoms with E-state index in [1.54, 1.807) is 11.8 Å². The van der Waals surface area contributed by atoms with Crippen LogP contribution in [0.5, 0.6) is 0 Å². The minimum absolute atomic E-state index is 0.0276. The van der Waals surface area contributed by atoms with Crippen molar-refractivity contribution in [3.8, 4) is 0 Å². The molecule has 4 rings (SSSR count). The summed E-state index contributed by atoms with van der Waals surface area (Å²) in [7, 11) is 1.38. The first-order valence-electron chi connectivity index (χ1n) is 11.1. The summed E-state index contributed by atoms with van der Waals surface area (Å²) in [5, 5.41) is 10.9. The SMILES string of the molecule is COC(=O)CCCC(O)[C@H]1SC[C@H]2[C@@H]1N(Cc1ccccc1)C(=O)N2Cc1ccccc1. The van der Waals surface area contributed by atoms with Gasteiger partial charge in [-0.25, -0.2) is 4.79 Å². The van der Waals surface area contributed by atoms with Crippen molar-refractivity contribution >= 4 is 23.8 Å². The van der Waals surface area contributed by atoms with Crippen LogP contribution in [0.3, 0.4) is 0 Å². The maximum absolute atomic E-state index is 13.5. The first-order chi connectivity index (χ1) is 15.6. The van der Waals surface area contributed by atoms with Crippen molar-refractivity contribution in [2.75, 3.05) is 12.9 Å². The van der Waals surface area contributed by atoms with Gasteiger partial charge in [-0.15, -0.1) is 0 Å². The average Bonchev–Trinajstić information content (AvgIpc) is 3.35. The molecular formula is C25H30N2O4S. The van der Waals surface area contributed by atoms with Gasteiger partial charge in [0.05, 0.1) is 30.5 Å². The van der Waals surface area contributed by atoms with Gasteiger partial charge >= 0.3 is 12.0 Å². The number of fused-ring (bicyclic) bond motifs is 1. The standard InChI is InChI=1S/C25H30N2O4S/c1-31-22(29)14-8-13-21(28)24-23-20(17-32-24)26(15-18-9-4-2-5-10-18)25(30)27(23)16-19-11-6-3-7-12-19/h2-7,9-12,20-21,23-24,28H,8,13-17H2,1H3/t20-,21?,23-,24+/m0/s1.